The summed E-state index contributed by atoms with van der Waals surface area (Å²) in [6, 6.07) is 4.79. The minimum absolute atomic E-state index is 0.0528. The van der Waals surface area contributed by atoms with Crippen LogP contribution in [-0.2, 0) is 0 Å². The molecule has 66 valence electrons. The van der Waals surface area contributed by atoms with Gasteiger partial charge >= 0.3 is 0 Å². The summed E-state index contributed by atoms with van der Waals surface area (Å²) in [6.45, 7) is 3.79. The molecule has 0 amide bonds. The van der Waals surface area contributed by atoms with Gasteiger partial charge in [-0.05, 0) is 26.0 Å². The Morgan fingerprint density at radius 1 is 1.42 bits per heavy atom. The molecule has 0 aromatic heterocycles. The van der Waals surface area contributed by atoms with Gasteiger partial charge in [0.15, 0.2) is 11.5 Å². The lowest BCUT2D eigenvalue weighted by atomic mass is 10.3. The number of halogens is 1. The number of benzene rings is 1. The molecule has 0 radical (unpaired) electrons. The highest BCUT2D eigenvalue weighted by molar-refractivity contribution is 6.30. The van der Waals surface area contributed by atoms with Crippen molar-refractivity contribution >= 4 is 11.6 Å². The van der Waals surface area contributed by atoms with Gasteiger partial charge in [0, 0.05) is 11.1 Å². The predicted molar refractivity (Wildman–Crippen MR) is 48.9 cm³/mol. The molecule has 0 fully saturated rings. The van der Waals surface area contributed by atoms with E-state index in [0.29, 0.717) is 10.8 Å². The highest BCUT2D eigenvalue weighted by Gasteiger charge is 2.03. The maximum absolute atomic E-state index is 9.33. The number of ether oxygens (including phenoxy) is 1. The summed E-state index contributed by atoms with van der Waals surface area (Å²) < 4.78 is 5.29. The standard InChI is InChI=1S/C9H11ClO2/c1-6(2)12-9-4-3-7(10)5-8(9)11/h3-6,11H,1-2H3. The molecule has 0 atom stereocenters. The summed E-state index contributed by atoms with van der Waals surface area (Å²) in [4.78, 5) is 0. The Balaban J connectivity index is 2.86. The van der Waals surface area contributed by atoms with Gasteiger partial charge in [-0.15, -0.1) is 0 Å². The first kappa shape index (κ1) is 9.20. The molecule has 1 aromatic rings. The van der Waals surface area contributed by atoms with Gasteiger partial charge in [0.05, 0.1) is 6.10 Å². The maximum atomic E-state index is 9.33. The fourth-order valence-electron chi connectivity index (χ4n) is 0.844. The Kier molecular flexibility index (Phi) is 2.82. The van der Waals surface area contributed by atoms with Crippen molar-refractivity contribution in [3.8, 4) is 11.5 Å². The SMILES string of the molecule is CC(C)Oc1ccc(Cl)cc1O. The van der Waals surface area contributed by atoms with Crippen LogP contribution in [0, 0.1) is 0 Å². The summed E-state index contributed by atoms with van der Waals surface area (Å²) in [7, 11) is 0. The van der Waals surface area contributed by atoms with Crippen molar-refractivity contribution in [2.75, 3.05) is 0 Å². The van der Waals surface area contributed by atoms with Gasteiger partial charge in [0.2, 0.25) is 0 Å². The van der Waals surface area contributed by atoms with Crippen molar-refractivity contribution in [2.24, 2.45) is 0 Å². The zero-order valence-corrected chi connectivity index (χ0v) is 7.80. The fourth-order valence-corrected chi connectivity index (χ4v) is 1.01. The lowest BCUT2D eigenvalue weighted by Crippen LogP contribution is -2.05. The first-order valence-electron chi connectivity index (χ1n) is 3.75. The second-order valence-corrected chi connectivity index (χ2v) is 3.22. The van der Waals surface area contributed by atoms with Gasteiger partial charge < -0.3 is 9.84 Å². The largest absolute Gasteiger partial charge is 0.504 e. The minimum atomic E-state index is 0.0528. The summed E-state index contributed by atoms with van der Waals surface area (Å²) in [5.74, 6) is 0.547. The molecule has 0 unspecified atom stereocenters. The quantitative estimate of drug-likeness (QED) is 0.770. The lowest BCUT2D eigenvalue weighted by molar-refractivity contribution is 0.232. The highest BCUT2D eigenvalue weighted by atomic mass is 35.5. The smallest absolute Gasteiger partial charge is 0.161 e. The Morgan fingerprint density at radius 3 is 2.58 bits per heavy atom. The molecular weight excluding hydrogens is 176 g/mol. The van der Waals surface area contributed by atoms with Crippen LogP contribution in [0.4, 0.5) is 0 Å². The third-order valence-corrected chi connectivity index (χ3v) is 1.52. The molecule has 12 heavy (non-hydrogen) atoms. The van der Waals surface area contributed by atoms with E-state index in [1.165, 1.54) is 6.07 Å². The van der Waals surface area contributed by atoms with Gasteiger partial charge in [-0.3, -0.25) is 0 Å². The van der Waals surface area contributed by atoms with Crippen LogP contribution >= 0.6 is 11.6 Å². The number of hydrogen-bond donors (Lipinski definition) is 1. The van der Waals surface area contributed by atoms with E-state index in [1.807, 2.05) is 13.8 Å². The molecule has 0 aliphatic rings. The molecule has 0 bridgehead atoms. The molecule has 1 rings (SSSR count). The summed E-state index contributed by atoms with van der Waals surface area (Å²) in [5.41, 5.74) is 0. The third kappa shape index (κ3) is 2.31. The van der Waals surface area contributed by atoms with Gasteiger partial charge in [-0.2, -0.15) is 0 Å². The van der Waals surface area contributed by atoms with Crippen LogP contribution in [0.15, 0.2) is 18.2 Å². The van der Waals surface area contributed by atoms with Crippen LogP contribution in [0.3, 0.4) is 0 Å². The van der Waals surface area contributed by atoms with Crippen molar-refractivity contribution < 1.29 is 9.84 Å². The van der Waals surface area contributed by atoms with Crippen LogP contribution in [0.2, 0.25) is 5.02 Å². The first-order valence-corrected chi connectivity index (χ1v) is 4.12. The van der Waals surface area contributed by atoms with Gasteiger partial charge in [0.1, 0.15) is 0 Å². The van der Waals surface area contributed by atoms with Gasteiger partial charge in [-0.1, -0.05) is 11.6 Å². The molecule has 0 heterocycles. The molecule has 1 N–H and O–H groups in total. The fraction of sp³-hybridized carbons (Fsp3) is 0.333. The van der Waals surface area contributed by atoms with E-state index >= 15 is 0 Å². The Labute approximate surface area is 76.7 Å². The van der Waals surface area contributed by atoms with E-state index in [-0.39, 0.29) is 11.9 Å². The van der Waals surface area contributed by atoms with Crippen LogP contribution in [0.5, 0.6) is 11.5 Å². The second kappa shape index (κ2) is 3.68. The molecular formula is C9H11ClO2. The van der Waals surface area contributed by atoms with Crippen molar-refractivity contribution in [2.45, 2.75) is 20.0 Å². The number of hydrogen-bond acceptors (Lipinski definition) is 2. The lowest BCUT2D eigenvalue weighted by Gasteiger charge is -2.10. The second-order valence-electron chi connectivity index (χ2n) is 2.78. The highest BCUT2D eigenvalue weighted by Crippen LogP contribution is 2.29. The monoisotopic (exact) mass is 186 g/mol. The third-order valence-electron chi connectivity index (χ3n) is 1.28. The van der Waals surface area contributed by atoms with Crippen LogP contribution in [0.25, 0.3) is 0 Å². The van der Waals surface area contributed by atoms with E-state index < -0.39 is 0 Å². The van der Waals surface area contributed by atoms with E-state index in [4.69, 9.17) is 16.3 Å². The molecule has 0 aliphatic heterocycles. The topological polar surface area (TPSA) is 29.5 Å². The van der Waals surface area contributed by atoms with Gasteiger partial charge in [0.25, 0.3) is 0 Å². The normalized spacial score (nSPS) is 10.3. The van der Waals surface area contributed by atoms with Gasteiger partial charge in [-0.25, -0.2) is 0 Å². The number of phenolic OH excluding ortho intramolecular Hbond substituents is 1. The van der Waals surface area contributed by atoms with E-state index in [9.17, 15) is 5.11 Å². The Bertz CT molecular complexity index is 271. The minimum Gasteiger partial charge on any atom is -0.504 e. The molecule has 0 spiro atoms. The first-order chi connectivity index (χ1) is 5.59. The van der Waals surface area contributed by atoms with Crippen molar-refractivity contribution in [3.63, 3.8) is 0 Å². The molecule has 0 saturated heterocycles. The Morgan fingerprint density at radius 2 is 2.08 bits per heavy atom. The molecule has 2 nitrogen and oxygen atoms in total. The zero-order chi connectivity index (χ0) is 9.14. The Hall–Kier alpha value is -0.890. The van der Waals surface area contributed by atoms with Crippen molar-refractivity contribution in [1.82, 2.24) is 0 Å². The van der Waals surface area contributed by atoms with Crippen molar-refractivity contribution in [3.05, 3.63) is 23.2 Å². The average molecular weight is 187 g/mol. The van der Waals surface area contributed by atoms with Crippen LogP contribution in [-0.4, -0.2) is 11.2 Å². The molecule has 1 aromatic carbocycles. The van der Waals surface area contributed by atoms with Crippen LogP contribution < -0.4 is 4.74 Å². The summed E-state index contributed by atoms with van der Waals surface area (Å²) in [6.07, 6.45) is 0.0528. The summed E-state index contributed by atoms with van der Waals surface area (Å²) >= 11 is 5.64. The number of phenols is 1. The zero-order valence-electron chi connectivity index (χ0n) is 7.04. The molecule has 0 aliphatic carbocycles. The average Bonchev–Trinajstić information content (AvgIpc) is 1.94. The number of rotatable bonds is 2. The van der Waals surface area contributed by atoms with E-state index in [0.717, 1.165) is 0 Å². The van der Waals surface area contributed by atoms with E-state index in [2.05, 4.69) is 0 Å². The van der Waals surface area contributed by atoms with Crippen molar-refractivity contribution in [1.29, 1.82) is 0 Å². The summed E-state index contributed by atoms with van der Waals surface area (Å²) in [5, 5.41) is 9.83. The number of aromatic hydroxyl groups is 1. The predicted octanol–water partition coefficient (Wildman–Crippen LogP) is 2.83. The maximum Gasteiger partial charge on any atom is 0.161 e. The molecule has 3 heteroatoms. The molecule has 0 saturated carbocycles. The van der Waals surface area contributed by atoms with E-state index in [1.54, 1.807) is 12.1 Å². The van der Waals surface area contributed by atoms with Crippen LogP contribution in [0.1, 0.15) is 13.8 Å².